The summed E-state index contributed by atoms with van der Waals surface area (Å²) in [4.78, 5) is 12.3. The molecule has 0 radical (unpaired) electrons. The van der Waals surface area contributed by atoms with Crippen LogP contribution in [0.15, 0.2) is 29.2 Å². The summed E-state index contributed by atoms with van der Waals surface area (Å²) in [6.07, 6.45) is -6.09. The van der Waals surface area contributed by atoms with Crippen molar-refractivity contribution in [2.75, 3.05) is 13.2 Å². The monoisotopic (exact) mass is 443 g/mol. The molecule has 1 fully saturated rings. The average Bonchev–Trinajstić information content (AvgIpc) is 2.95. The van der Waals surface area contributed by atoms with Crippen LogP contribution in [-0.2, 0) is 28.4 Å². The fourth-order valence-electron chi connectivity index (χ4n) is 2.93. The quantitative estimate of drug-likeness (QED) is 0.600. The topological polar surface area (TPSA) is 90.0 Å². The Bertz CT molecular complexity index is 861. The predicted molar refractivity (Wildman–Crippen MR) is 94.3 cm³/mol. The third-order valence-electron chi connectivity index (χ3n) is 4.19. The highest BCUT2D eigenvalue weighted by atomic mass is 32.2. The molecule has 1 unspecified atom stereocenters. The van der Waals surface area contributed by atoms with Gasteiger partial charge in [-0.15, -0.1) is 0 Å². The van der Waals surface area contributed by atoms with Gasteiger partial charge in [0.1, 0.15) is 11.7 Å². The van der Waals surface area contributed by atoms with Crippen LogP contribution in [0.5, 0.6) is 0 Å². The maximum atomic E-state index is 13.6. The lowest BCUT2D eigenvalue weighted by atomic mass is 10.2. The minimum atomic E-state index is -5.05. The summed E-state index contributed by atoms with van der Waals surface area (Å²) in [6.45, 7) is 4.19. The van der Waals surface area contributed by atoms with E-state index >= 15 is 0 Å². The molecule has 28 heavy (non-hydrogen) atoms. The molecule has 0 aliphatic carbocycles. The van der Waals surface area contributed by atoms with Gasteiger partial charge in [-0.25, -0.2) is 12.7 Å². The van der Waals surface area contributed by atoms with E-state index in [9.17, 15) is 30.9 Å². The van der Waals surface area contributed by atoms with E-state index in [0.717, 1.165) is 12.1 Å². The van der Waals surface area contributed by atoms with E-state index < -0.39 is 52.7 Å². The highest BCUT2D eigenvalue weighted by molar-refractivity contribution is 7.89. The number of hydrogen-bond donors (Lipinski definition) is 0. The van der Waals surface area contributed by atoms with Crippen LogP contribution in [-0.4, -0.2) is 49.7 Å². The number of aryl methyl sites for hydroxylation is 1. The summed E-state index contributed by atoms with van der Waals surface area (Å²) in [5.41, 5.74) is -1.17. The van der Waals surface area contributed by atoms with Crippen LogP contribution < -0.4 is 0 Å². The van der Waals surface area contributed by atoms with Crippen LogP contribution in [0.3, 0.4) is 0 Å². The SMILES string of the molecule is CCOP(=O)(OCC)C1C[C@@H](C(F)(F)F)N(S(=O)(=O)c2ccc(C)cc2)C1=O. The van der Waals surface area contributed by atoms with E-state index in [2.05, 4.69) is 0 Å². The lowest BCUT2D eigenvalue weighted by molar-refractivity contribution is -0.169. The molecule has 1 aliphatic rings. The Hall–Kier alpha value is -1.42. The van der Waals surface area contributed by atoms with E-state index in [1.807, 2.05) is 0 Å². The van der Waals surface area contributed by atoms with Crippen molar-refractivity contribution in [3.63, 3.8) is 0 Å². The molecule has 0 N–H and O–H groups in total. The number of hydrogen-bond acceptors (Lipinski definition) is 6. The molecule has 1 aliphatic heterocycles. The van der Waals surface area contributed by atoms with Crippen molar-refractivity contribution in [2.45, 2.75) is 50.0 Å². The molecule has 12 heteroatoms. The first-order valence-corrected chi connectivity index (χ1v) is 11.5. The van der Waals surface area contributed by atoms with Crippen LogP contribution in [0.1, 0.15) is 25.8 Å². The van der Waals surface area contributed by atoms with Crippen molar-refractivity contribution < 1.29 is 40.0 Å². The number of halogens is 3. The second-order valence-corrected chi connectivity index (χ2v) is 10.2. The largest absolute Gasteiger partial charge is 0.410 e. The Balaban J connectivity index is 2.56. The van der Waals surface area contributed by atoms with Crippen molar-refractivity contribution in [3.8, 4) is 0 Å². The molecule has 7 nitrogen and oxygen atoms in total. The zero-order valence-corrected chi connectivity index (χ0v) is 17.2. The van der Waals surface area contributed by atoms with Gasteiger partial charge in [0.25, 0.3) is 15.9 Å². The zero-order chi connectivity index (χ0) is 21.3. The van der Waals surface area contributed by atoms with Gasteiger partial charge >= 0.3 is 13.8 Å². The second-order valence-electron chi connectivity index (χ2n) is 6.14. The Morgan fingerprint density at radius 1 is 1.14 bits per heavy atom. The Kier molecular flexibility index (Phi) is 6.65. The first-order valence-electron chi connectivity index (χ1n) is 8.49. The molecule has 1 saturated heterocycles. The van der Waals surface area contributed by atoms with E-state index in [0.29, 0.717) is 5.56 Å². The van der Waals surface area contributed by atoms with Gasteiger partial charge in [-0.2, -0.15) is 13.2 Å². The molecule has 1 amide bonds. The molecule has 1 heterocycles. The van der Waals surface area contributed by atoms with Crippen molar-refractivity contribution in [1.82, 2.24) is 4.31 Å². The fourth-order valence-corrected chi connectivity index (χ4v) is 6.62. The summed E-state index contributed by atoms with van der Waals surface area (Å²) >= 11 is 0. The summed E-state index contributed by atoms with van der Waals surface area (Å²) in [5.74, 6) is -1.45. The van der Waals surface area contributed by atoms with Gasteiger partial charge in [0, 0.05) is 6.42 Å². The number of nitrogens with zero attached hydrogens (tertiary/aromatic N) is 1. The maximum Gasteiger partial charge on any atom is 0.410 e. The lowest BCUT2D eigenvalue weighted by Gasteiger charge is -2.26. The molecular weight excluding hydrogens is 422 g/mol. The number of amides is 1. The number of carbonyl (C=O) groups is 1. The molecular formula is C16H21F3NO6PS. The summed E-state index contributed by atoms with van der Waals surface area (Å²) < 4.78 is 89.1. The summed E-state index contributed by atoms with van der Waals surface area (Å²) in [5, 5.41) is 0. The van der Waals surface area contributed by atoms with Gasteiger partial charge in [-0.1, -0.05) is 17.7 Å². The first kappa shape index (κ1) is 22.9. The van der Waals surface area contributed by atoms with E-state index in [1.54, 1.807) is 6.92 Å². The fraction of sp³-hybridized carbons (Fsp3) is 0.562. The third kappa shape index (κ3) is 4.27. The van der Waals surface area contributed by atoms with Crippen molar-refractivity contribution >= 4 is 23.5 Å². The highest BCUT2D eigenvalue weighted by Crippen LogP contribution is 2.59. The number of carbonyl (C=O) groups excluding carboxylic acids is 1. The van der Waals surface area contributed by atoms with E-state index in [4.69, 9.17) is 9.05 Å². The smallest absolute Gasteiger partial charge is 0.308 e. The van der Waals surface area contributed by atoms with Crippen molar-refractivity contribution in [2.24, 2.45) is 0 Å². The molecule has 0 spiro atoms. The van der Waals surface area contributed by atoms with Crippen LogP contribution in [0, 0.1) is 6.92 Å². The summed E-state index contributed by atoms with van der Waals surface area (Å²) in [6, 6.07) is 2.37. The predicted octanol–water partition coefficient (Wildman–Crippen LogP) is 3.48. The Labute approximate surface area is 161 Å². The van der Waals surface area contributed by atoms with E-state index in [1.165, 1.54) is 26.0 Å². The van der Waals surface area contributed by atoms with Crippen molar-refractivity contribution in [1.29, 1.82) is 0 Å². The lowest BCUT2D eigenvalue weighted by Crippen LogP contribution is -2.46. The number of rotatable bonds is 7. The molecule has 2 rings (SSSR count). The third-order valence-corrected chi connectivity index (χ3v) is 8.44. The summed E-state index contributed by atoms with van der Waals surface area (Å²) in [7, 11) is -9.12. The van der Waals surface area contributed by atoms with Gasteiger partial charge in [-0.3, -0.25) is 9.36 Å². The molecule has 0 saturated carbocycles. The van der Waals surface area contributed by atoms with Crippen LogP contribution >= 0.6 is 7.60 Å². The van der Waals surface area contributed by atoms with Gasteiger partial charge in [0.2, 0.25) is 0 Å². The van der Waals surface area contributed by atoms with Gasteiger partial charge in [0.15, 0.2) is 0 Å². The van der Waals surface area contributed by atoms with Gasteiger partial charge < -0.3 is 9.05 Å². The van der Waals surface area contributed by atoms with Gasteiger partial charge in [0.05, 0.1) is 18.1 Å². The van der Waals surface area contributed by atoms with Crippen molar-refractivity contribution in [3.05, 3.63) is 29.8 Å². The van der Waals surface area contributed by atoms with Crippen LogP contribution in [0.25, 0.3) is 0 Å². The van der Waals surface area contributed by atoms with Crippen LogP contribution in [0.4, 0.5) is 13.2 Å². The normalized spacial score (nSPS) is 21.4. The molecule has 158 valence electrons. The number of sulfonamides is 1. The molecule has 0 bridgehead atoms. The Morgan fingerprint density at radius 3 is 2.07 bits per heavy atom. The molecule has 1 aromatic rings. The maximum absolute atomic E-state index is 13.6. The van der Waals surface area contributed by atoms with E-state index in [-0.39, 0.29) is 17.5 Å². The standard InChI is InChI=1S/C16H21F3NO6PS/c1-4-25-27(22,26-5-2)13-10-14(16(17,18)19)20(15(13)21)28(23,24)12-8-6-11(3)7-9-12/h6-9,13-14H,4-5,10H2,1-3H3/t13?,14-/m0/s1. The highest BCUT2D eigenvalue weighted by Gasteiger charge is 2.62. The first-order chi connectivity index (χ1) is 12.9. The second kappa shape index (κ2) is 8.14. The van der Waals surface area contributed by atoms with Crippen LogP contribution in [0.2, 0.25) is 0 Å². The molecule has 1 aromatic carbocycles. The number of benzene rings is 1. The minimum absolute atomic E-state index is 0.178. The molecule has 2 atom stereocenters. The van der Waals surface area contributed by atoms with Gasteiger partial charge in [-0.05, 0) is 32.9 Å². The number of alkyl halides is 3. The minimum Gasteiger partial charge on any atom is -0.308 e. The Morgan fingerprint density at radius 2 is 1.64 bits per heavy atom. The average molecular weight is 443 g/mol. The molecule has 0 aromatic heterocycles. The zero-order valence-electron chi connectivity index (χ0n) is 15.5.